The normalized spacial score (nSPS) is 13.8. The first-order chi connectivity index (χ1) is 16.7. The van der Waals surface area contributed by atoms with Crippen LogP contribution in [0.4, 0.5) is 10.5 Å². The number of aliphatic hydroxyl groups is 1. The standard InChI is InChI=1S/C27H26N2O6/c1-16-17(24(31)29-27(2,15-30)25(32)33)12-7-13-23(16)28-26(34)35-14-22-20-10-5-3-8-18(20)19-9-4-6-11-21(19)22/h3-13,22,30H,14-15H2,1-2H3,(H,28,34)(H,29,31)(H,32,33). The summed E-state index contributed by atoms with van der Waals surface area (Å²) in [5.41, 5.74) is 3.58. The van der Waals surface area contributed by atoms with Gasteiger partial charge >= 0.3 is 12.1 Å². The van der Waals surface area contributed by atoms with Crippen molar-refractivity contribution in [1.82, 2.24) is 5.32 Å². The number of fused-ring (bicyclic) bond motifs is 3. The molecule has 3 aromatic carbocycles. The fourth-order valence-electron chi connectivity index (χ4n) is 4.24. The van der Waals surface area contributed by atoms with Gasteiger partial charge < -0.3 is 20.3 Å². The Bertz CT molecular complexity index is 1260. The number of aliphatic carboxylic acids is 1. The van der Waals surface area contributed by atoms with Gasteiger partial charge in [-0.1, -0.05) is 54.6 Å². The van der Waals surface area contributed by atoms with Crippen molar-refractivity contribution < 1.29 is 29.3 Å². The van der Waals surface area contributed by atoms with Crippen molar-refractivity contribution in [2.24, 2.45) is 0 Å². The van der Waals surface area contributed by atoms with E-state index in [4.69, 9.17) is 4.74 Å². The maximum atomic E-state index is 12.7. The van der Waals surface area contributed by atoms with Crippen molar-refractivity contribution in [3.8, 4) is 11.1 Å². The number of aliphatic hydroxyl groups excluding tert-OH is 1. The molecule has 0 fully saturated rings. The van der Waals surface area contributed by atoms with Gasteiger partial charge in [0.05, 0.1) is 6.61 Å². The summed E-state index contributed by atoms with van der Waals surface area (Å²) in [6.07, 6.45) is -0.668. The topological polar surface area (TPSA) is 125 Å². The van der Waals surface area contributed by atoms with Gasteiger partial charge in [-0.05, 0) is 53.8 Å². The molecular weight excluding hydrogens is 448 g/mol. The number of amides is 2. The number of nitrogens with one attached hydrogen (secondary N) is 2. The third-order valence-corrected chi connectivity index (χ3v) is 6.34. The van der Waals surface area contributed by atoms with E-state index in [0.29, 0.717) is 11.3 Å². The summed E-state index contributed by atoms with van der Waals surface area (Å²) < 4.78 is 5.57. The van der Waals surface area contributed by atoms with Crippen LogP contribution in [0.15, 0.2) is 66.7 Å². The highest BCUT2D eigenvalue weighted by Gasteiger charge is 2.35. The number of carbonyl (C=O) groups is 3. The average Bonchev–Trinajstić information content (AvgIpc) is 3.17. The second-order valence-electron chi connectivity index (χ2n) is 8.68. The zero-order chi connectivity index (χ0) is 25.2. The smallest absolute Gasteiger partial charge is 0.411 e. The van der Waals surface area contributed by atoms with Gasteiger partial charge in [0.25, 0.3) is 5.91 Å². The van der Waals surface area contributed by atoms with E-state index >= 15 is 0 Å². The van der Waals surface area contributed by atoms with Gasteiger partial charge in [-0.15, -0.1) is 0 Å². The summed E-state index contributed by atoms with van der Waals surface area (Å²) in [6.45, 7) is 2.21. The molecule has 180 valence electrons. The molecule has 8 nitrogen and oxygen atoms in total. The molecule has 35 heavy (non-hydrogen) atoms. The minimum absolute atomic E-state index is 0.0847. The zero-order valence-electron chi connectivity index (χ0n) is 19.4. The van der Waals surface area contributed by atoms with Crippen LogP contribution in [0.2, 0.25) is 0 Å². The molecule has 0 saturated carbocycles. The molecule has 0 bridgehead atoms. The van der Waals surface area contributed by atoms with Gasteiger partial charge in [0.2, 0.25) is 0 Å². The van der Waals surface area contributed by atoms with E-state index < -0.39 is 30.1 Å². The molecular formula is C27H26N2O6. The Morgan fingerprint density at radius 1 is 0.943 bits per heavy atom. The lowest BCUT2D eigenvalue weighted by molar-refractivity contribution is -0.145. The maximum Gasteiger partial charge on any atom is 0.411 e. The van der Waals surface area contributed by atoms with Gasteiger partial charge in [-0.3, -0.25) is 10.1 Å². The minimum Gasteiger partial charge on any atom is -0.479 e. The van der Waals surface area contributed by atoms with Crippen molar-refractivity contribution >= 4 is 23.7 Å². The Hall–Kier alpha value is -4.17. The number of carbonyl (C=O) groups excluding carboxylic acids is 2. The predicted octanol–water partition coefficient (Wildman–Crippen LogP) is 3.92. The Labute approximate surface area is 202 Å². The first-order valence-corrected chi connectivity index (χ1v) is 11.1. The predicted molar refractivity (Wildman–Crippen MR) is 130 cm³/mol. The Balaban J connectivity index is 1.46. The summed E-state index contributed by atoms with van der Waals surface area (Å²) in [4.78, 5) is 36.7. The molecule has 0 heterocycles. The van der Waals surface area contributed by atoms with Crippen LogP contribution < -0.4 is 10.6 Å². The lowest BCUT2D eigenvalue weighted by Gasteiger charge is -2.24. The third kappa shape index (κ3) is 4.61. The van der Waals surface area contributed by atoms with Crippen LogP contribution in [0.25, 0.3) is 11.1 Å². The van der Waals surface area contributed by atoms with Crippen LogP contribution in [0, 0.1) is 6.92 Å². The number of carboxylic acids is 1. The van der Waals surface area contributed by atoms with Gasteiger partial charge in [0, 0.05) is 17.2 Å². The third-order valence-electron chi connectivity index (χ3n) is 6.34. The first kappa shape index (κ1) is 24.0. The number of anilines is 1. The molecule has 0 aliphatic heterocycles. The number of ether oxygens (including phenoxy) is 1. The van der Waals surface area contributed by atoms with Crippen molar-refractivity contribution in [2.45, 2.75) is 25.3 Å². The van der Waals surface area contributed by atoms with Gasteiger partial charge in [0.15, 0.2) is 5.54 Å². The summed E-state index contributed by atoms with van der Waals surface area (Å²) in [7, 11) is 0. The summed E-state index contributed by atoms with van der Waals surface area (Å²) in [5, 5.41) is 23.7. The lowest BCUT2D eigenvalue weighted by atomic mass is 9.98. The van der Waals surface area contributed by atoms with Crippen LogP contribution in [0.1, 0.15) is 39.9 Å². The summed E-state index contributed by atoms with van der Waals surface area (Å²) in [6, 6.07) is 20.8. The van der Waals surface area contributed by atoms with Crippen LogP contribution in [-0.4, -0.2) is 46.9 Å². The molecule has 8 heteroatoms. The largest absolute Gasteiger partial charge is 0.479 e. The SMILES string of the molecule is Cc1c(NC(=O)OCC2c3ccccc3-c3ccccc32)cccc1C(=O)NC(C)(CO)C(=O)O. The highest BCUT2D eigenvalue weighted by atomic mass is 16.5. The van der Waals surface area contributed by atoms with Crippen LogP contribution >= 0.6 is 0 Å². The molecule has 0 radical (unpaired) electrons. The van der Waals surface area contributed by atoms with E-state index in [2.05, 4.69) is 22.8 Å². The lowest BCUT2D eigenvalue weighted by Crippen LogP contribution is -2.55. The molecule has 0 saturated heterocycles. The molecule has 4 rings (SSSR count). The first-order valence-electron chi connectivity index (χ1n) is 11.1. The monoisotopic (exact) mass is 474 g/mol. The molecule has 4 N–H and O–H groups in total. The van der Waals surface area contributed by atoms with Gasteiger partial charge in [-0.2, -0.15) is 0 Å². The maximum absolute atomic E-state index is 12.7. The van der Waals surface area contributed by atoms with Crippen LogP contribution in [0.5, 0.6) is 0 Å². The molecule has 1 aliphatic rings. The number of rotatable bonds is 7. The van der Waals surface area contributed by atoms with E-state index in [1.807, 2.05) is 36.4 Å². The number of hydrogen-bond donors (Lipinski definition) is 4. The Kier molecular flexibility index (Phi) is 6.57. The van der Waals surface area contributed by atoms with Crippen molar-refractivity contribution in [2.75, 3.05) is 18.5 Å². The van der Waals surface area contributed by atoms with Crippen molar-refractivity contribution in [3.05, 3.63) is 89.0 Å². The van der Waals surface area contributed by atoms with E-state index in [0.717, 1.165) is 22.3 Å². The van der Waals surface area contributed by atoms with E-state index in [1.54, 1.807) is 19.1 Å². The van der Waals surface area contributed by atoms with Gasteiger partial charge in [0.1, 0.15) is 6.61 Å². The van der Waals surface area contributed by atoms with Crippen LogP contribution in [0.3, 0.4) is 0 Å². The number of carboxylic acid groups (broad SMARTS) is 1. The number of hydrogen-bond acceptors (Lipinski definition) is 5. The highest BCUT2D eigenvalue weighted by Crippen LogP contribution is 2.44. The fourth-order valence-corrected chi connectivity index (χ4v) is 4.24. The van der Waals surface area contributed by atoms with Gasteiger partial charge in [-0.25, -0.2) is 9.59 Å². The molecule has 2 amide bonds. The fraction of sp³-hybridized carbons (Fsp3) is 0.222. The van der Waals surface area contributed by atoms with Crippen LogP contribution in [-0.2, 0) is 9.53 Å². The summed E-state index contributed by atoms with van der Waals surface area (Å²) in [5.74, 6) is -2.13. The average molecular weight is 475 g/mol. The second-order valence-corrected chi connectivity index (χ2v) is 8.68. The minimum atomic E-state index is -1.83. The molecule has 1 unspecified atom stereocenters. The summed E-state index contributed by atoms with van der Waals surface area (Å²) >= 11 is 0. The van der Waals surface area contributed by atoms with Crippen molar-refractivity contribution in [3.63, 3.8) is 0 Å². The van der Waals surface area contributed by atoms with E-state index in [1.165, 1.54) is 13.0 Å². The highest BCUT2D eigenvalue weighted by molar-refractivity contribution is 6.01. The van der Waals surface area contributed by atoms with E-state index in [-0.39, 0.29) is 18.1 Å². The molecule has 0 spiro atoms. The molecule has 1 aliphatic carbocycles. The van der Waals surface area contributed by atoms with E-state index in [9.17, 15) is 24.6 Å². The Morgan fingerprint density at radius 2 is 1.54 bits per heavy atom. The molecule has 0 aromatic heterocycles. The quantitative estimate of drug-likeness (QED) is 0.411. The zero-order valence-corrected chi connectivity index (χ0v) is 19.4. The van der Waals surface area contributed by atoms with Crippen molar-refractivity contribution in [1.29, 1.82) is 0 Å². The number of benzene rings is 3. The second kappa shape index (κ2) is 9.60. The molecule has 3 aromatic rings. The Morgan fingerprint density at radius 3 is 2.11 bits per heavy atom. The molecule has 1 atom stereocenters.